The number of fused-ring (bicyclic) bond motifs is 1. The van der Waals surface area contributed by atoms with Gasteiger partial charge in [0.25, 0.3) is 0 Å². The number of anilines is 1. The molecule has 4 heteroatoms. The number of imidazole rings is 1. The van der Waals surface area contributed by atoms with Crippen LogP contribution in [-0.4, -0.2) is 15.5 Å². The Kier molecular flexibility index (Phi) is 3.74. The number of nitrogens with one attached hydrogen (secondary N) is 1. The minimum atomic E-state index is 0.0999. The van der Waals surface area contributed by atoms with Crippen molar-refractivity contribution in [1.29, 1.82) is 0 Å². The largest absolute Gasteiger partial charge is 0.328 e. The lowest BCUT2D eigenvalue weighted by Gasteiger charge is -2.17. The monoisotopic (exact) mass is 307 g/mol. The van der Waals surface area contributed by atoms with E-state index in [2.05, 4.69) is 39.2 Å². The van der Waals surface area contributed by atoms with E-state index in [1.54, 1.807) is 0 Å². The standard InChI is InChI=1S/C19H21N3O/c23-19(14-6-2-1-3-7-14)21-16-9-4-8-15(12-16)17-13-20-18-10-5-11-22(17)18/h1-2,4,8-9,12-14H,3,5-7,10-11H2,(H,21,23)/t14-/m0/s1. The first kappa shape index (κ1) is 14.2. The molecular formula is C19H21N3O. The summed E-state index contributed by atoms with van der Waals surface area (Å²) in [5.41, 5.74) is 3.14. The molecule has 2 aromatic rings. The predicted molar refractivity (Wildman–Crippen MR) is 91.1 cm³/mol. The smallest absolute Gasteiger partial charge is 0.227 e. The molecule has 1 aliphatic carbocycles. The number of benzene rings is 1. The van der Waals surface area contributed by atoms with Crippen LogP contribution in [0.15, 0.2) is 42.6 Å². The fourth-order valence-electron chi connectivity index (χ4n) is 3.52. The van der Waals surface area contributed by atoms with E-state index in [4.69, 9.17) is 0 Å². The van der Waals surface area contributed by atoms with E-state index in [0.717, 1.165) is 49.2 Å². The van der Waals surface area contributed by atoms with E-state index in [1.165, 1.54) is 12.2 Å². The molecule has 4 nitrogen and oxygen atoms in total. The molecule has 1 N–H and O–H groups in total. The van der Waals surface area contributed by atoms with Crippen LogP contribution in [0.3, 0.4) is 0 Å². The molecule has 0 saturated carbocycles. The number of carbonyl (C=O) groups is 1. The maximum absolute atomic E-state index is 12.4. The highest BCUT2D eigenvalue weighted by molar-refractivity contribution is 5.93. The van der Waals surface area contributed by atoms with Gasteiger partial charge in [0.15, 0.2) is 0 Å². The molecule has 1 aliphatic heterocycles. The number of hydrogen-bond donors (Lipinski definition) is 1. The van der Waals surface area contributed by atoms with Crippen LogP contribution in [-0.2, 0) is 17.8 Å². The van der Waals surface area contributed by atoms with Crippen LogP contribution >= 0.6 is 0 Å². The number of rotatable bonds is 3. The van der Waals surface area contributed by atoms with Crippen LogP contribution in [0.5, 0.6) is 0 Å². The van der Waals surface area contributed by atoms with Crippen molar-refractivity contribution in [1.82, 2.24) is 9.55 Å². The summed E-state index contributed by atoms with van der Waals surface area (Å²) in [4.78, 5) is 16.9. The molecule has 0 unspecified atom stereocenters. The third-order valence-electron chi connectivity index (χ3n) is 4.79. The number of aromatic nitrogens is 2. The molecule has 23 heavy (non-hydrogen) atoms. The topological polar surface area (TPSA) is 46.9 Å². The van der Waals surface area contributed by atoms with Crippen LogP contribution in [0.1, 0.15) is 31.5 Å². The van der Waals surface area contributed by atoms with Gasteiger partial charge in [0, 0.05) is 30.1 Å². The average molecular weight is 307 g/mol. The van der Waals surface area contributed by atoms with Crippen molar-refractivity contribution < 1.29 is 4.79 Å². The van der Waals surface area contributed by atoms with Crippen molar-refractivity contribution >= 4 is 11.6 Å². The van der Waals surface area contributed by atoms with Gasteiger partial charge in [-0.3, -0.25) is 4.79 Å². The van der Waals surface area contributed by atoms with Gasteiger partial charge in [-0.15, -0.1) is 0 Å². The first-order valence-corrected chi connectivity index (χ1v) is 8.42. The average Bonchev–Trinajstić information content (AvgIpc) is 3.19. The number of hydrogen-bond acceptors (Lipinski definition) is 2. The van der Waals surface area contributed by atoms with Gasteiger partial charge in [-0.05, 0) is 37.8 Å². The quantitative estimate of drug-likeness (QED) is 0.877. The molecule has 1 atom stereocenters. The molecule has 1 amide bonds. The molecular weight excluding hydrogens is 286 g/mol. The molecule has 0 fully saturated rings. The Bertz CT molecular complexity index is 760. The summed E-state index contributed by atoms with van der Waals surface area (Å²) >= 11 is 0. The third-order valence-corrected chi connectivity index (χ3v) is 4.79. The van der Waals surface area contributed by atoms with Gasteiger partial charge in [-0.25, -0.2) is 4.98 Å². The minimum absolute atomic E-state index is 0.0999. The van der Waals surface area contributed by atoms with E-state index >= 15 is 0 Å². The Morgan fingerprint density at radius 3 is 3.13 bits per heavy atom. The molecule has 0 saturated heterocycles. The van der Waals surface area contributed by atoms with Crippen LogP contribution < -0.4 is 5.32 Å². The summed E-state index contributed by atoms with van der Waals surface area (Å²) in [6, 6.07) is 8.10. The molecule has 2 heterocycles. The summed E-state index contributed by atoms with van der Waals surface area (Å²) in [5.74, 6) is 1.40. The Morgan fingerprint density at radius 1 is 1.30 bits per heavy atom. The Morgan fingerprint density at radius 2 is 2.26 bits per heavy atom. The lowest BCUT2D eigenvalue weighted by atomic mass is 9.93. The maximum Gasteiger partial charge on any atom is 0.227 e. The lowest BCUT2D eigenvalue weighted by Crippen LogP contribution is -2.23. The van der Waals surface area contributed by atoms with Crippen molar-refractivity contribution in [3.8, 4) is 11.3 Å². The first-order chi connectivity index (χ1) is 11.3. The van der Waals surface area contributed by atoms with Crippen LogP contribution in [0.4, 0.5) is 5.69 Å². The highest BCUT2D eigenvalue weighted by atomic mass is 16.1. The predicted octanol–water partition coefficient (Wildman–Crippen LogP) is 3.79. The molecule has 2 aliphatic rings. The Balaban J connectivity index is 1.54. The van der Waals surface area contributed by atoms with Crippen molar-refractivity contribution in [2.24, 2.45) is 5.92 Å². The highest BCUT2D eigenvalue weighted by Crippen LogP contribution is 2.28. The van der Waals surface area contributed by atoms with Gasteiger partial charge in [0.05, 0.1) is 11.9 Å². The van der Waals surface area contributed by atoms with Gasteiger partial charge in [-0.1, -0.05) is 24.3 Å². The second kappa shape index (κ2) is 6.03. The molecule has 1 aromatic carbocycles. The summed E-state index contributed by atoms with van der Waals surface area (Å²) in [5, 5.41) is 3.08. The van der Waals surface area contributed by atoms with Gasteiger partial charge in [0.2, 0.25) is 5.91 Å². The highest BCUT2D eigenvalue weighted by Gasteiger charge is 2.20. The van der Waals surface area contributed by atoms with E-state index in [1.807, 2.05) is 18.3 Å². The van der Waals surface area contributed by atoms with E-state index < -0.39 is 0 Å². The number of aryl methyl sites for hydroxylation is 1. The van der Waals surface area contributed by atoms with Gasteiger partial charge < -0.3 is 9.88 Å². The fourth-order valence-corrected chi connectivity index (χ4v) is 3.52. The van der Waals surface area contributed by atoms with Gasteiger partial charge >= 0.3 is 0 Å². The van der Waals surface area contributed by atoms with Crippen molar-refractivity contribution in [2.75, 3.05) is 5.32 Å². The maximum atomic E-state index is 12.4. The third kappa shape index (κ3) is 2.81. The summed E-state index contributed by atoms with van der Waals surface area (Å²) < 4.78 is 2.28. The summed E-state index contributed by atoms with van der Waals surface area (Å²) in [6.07, 6.45) is 11.2. The van der Waals surface area contributed by atoms with Crippen LogP contribution in [0.25, 0.3) is 11.3 Å². The summed E-state index contributed by atoms with van der Waals surface area (Å²) in [6.45, 7) is 1.04. The van der Waals surface area contributed by atoms with Crippen LogP contribution in [0, 0.1) is 5.92 Å². The Hall–Kier alpha value is -2.36. The van der Waals surface area contributed by atoms with Crippen molar-refractivity contribution in [3.63, 3.8) is 0 Å². The second-order valence-corrected chi connectivity index (χ2v) is 6.37. The molecule has 0 spiro atoms. The zero-order chi connectivity index (χ0) is 15.6. The Labute approximate surface area is 136 Å². The number of allylic oxidation sites excluding steroid dienone is 2. The fraction of sp³-hybridized carbons (Fsp3) is 0.368. The number of carbonyl (C=O) groups excluding carboxylic acids is 1. The minimum Gasteiger partial charge on any atom is -0.328 e. The molecule has 0 bridgehead atoms. The van der Waals surface area contributed by atoms with Gasteiger partial charge in [0.1, 0.15) is 5.82 Å². The van der Waals surface area contributed by atoms with E-state index in [-0.39, 0.29) is 11.8 Å². The van der Waals surface area contributed by atoms with E-state index in [9.17, 15) is 4.79 Å². The normalized spacial score (nSPS) is 19.6. The van der Waals surface area contributed by atoms with Crippen molar-refractivity contribution in [2.45, 2.75) is 38.6 Å². The molecule has 0 radical (unpaired) electrons. The zero-order valence-corrected chi connectivity index (χ0v) is 13.2. The number of amides is 1. The molecule has 118 valence electrons. The second-order valence-electron chi connectivity index (χ2n) is 6.37. The van der Waals surface area contributed by atoms with Crippen LogP contribution in [0.2, 0.25) is 0 Å². The molecule has 1 aromatic heterocycles. The summed E-state index contributed by atoms with van der Waals surface area (Å²) in [7, 11) is 0. The molecule has 4 rings (SSSR count). The SMILES string of the molecule is O=C(Nc1cccc(-c2cnc3n2CCC3)c1)[C@H]1CC=CCC1. The number of nitrogens with zero attached hydrogens (tertiary/aromatic N) is 2. The first-order valence-electron chi connectivity index (χ1n) is 8.42. The zero-order valence-electron chi connectivity index (χ0n) is 13.2. The lowest BCUT2D eigenvalue weighted by molar-refractivity contribution is -0.120. The van der Waals surface area contributed by atoms with Gasteiger partial charge in [-0.2, -0.15) is 0 Å². The van der Waals surface area contributed by atoms with Crippen molar-refractivity contribution in [3.05, 3.63) is 48.4 Å². The van der Waals surface area contributed by atoms with E-state index in [0.29, 0.717) is 0 Å².